The van der Waals surface area contributed by atoms with Crippen LogP contribution in [0.25, 0.3) is 0 Å². The maximum Gasteiger partial charge on any atom is 0.228 e. The maximum absolute atomic E-state index is 12.3. The third-order valence-electron chi connectivity index (χ3n) is 3.82. The molecule has 1 heterocycles. The van der Waals surface area contributed by atoms with Crippen molar-refractivity contribution in [1.82, 2.24) is 4.98 Å². The molecular formula is C20H26N2O. The normalized spacial score (nSPS) is 10.9. The summed E-state index contributed by atoms with van der Waals surface area (Å²) in [5.41, 5.74) is 6.07. The van der Waals surface area contributed by atoms with E-state index in [0.717, 1.165) is 34.6 Å². The summed E-state index contributed by atoms with van der Waals surface area (Å²) in [4.78, 5) is 16.7. The number of pyridine rings is 1. The quantitative estimate of drug-likeness (QED) is 0.890. The number of aryl methyl sites for hydroxylation is 3. The van der Waals surface area contributed by atoms with Gasteiger partial charge in [0.25, 0.3) is 0 Å². The molecule has 0 atom stereocenters. The molecular weight excluding hydrogens is 284 g/mol. The van der Waals surface area contributed by atoms with E-state index >= 15 is 0 Å². The monoisotopic (exact) mass is 310 g/mol. The molecule has 0 fully saturated rings. The third-order valence-corrected chi connectivity index (χ3v) is 3.82. The molecule has 3 heteroatoms. The van der Waals surface area contributed by atoms with Crippen molar-refractivity contribution in [1.29, 1.82) is 0 Å². The molecule has 0 unspecified atom stereocenters. The summed E-state index contributed by atoms with van der Waals surface area (Å²) in [6, 6.07) is 10.3. The van der Waals surface area contributed by atoms with Gasteiger partial charge in [-0.25, -0.2) is 0 Å². The standard InChI is InChI=1S/C20H26N2O/c1-13(2)10-17-6-8-18(9-7-17)12-19(23)22-20-14(3)11-15(4)21-16(20)5/h6-9,11,13H,10,12H2,1-5H3,(H,22,23). The van der Waals surface area contributed by atoms with Crippen LogP contribution in [0.3, 0.4) is 0 Å². The number of rotatable bonds is 5. The van der Waals surface area contributed by atoms with Gasteiger partial charge in [0.15, 0.2) is 0 Å². The molecule has 1 amide bonds. The van der Waals surface area contributed by atoms with Gasteiger partial charge in [0.05, 0.1) is 17.8 Å². The lowest BCUT2D eigenvalue weighted by molar-refractivity contribution is -0.115. The van der Waals surface area contributed by atoms with Crippen molar-refractivity contribution in [3.05, 3.63) is 58.4 Å². The van der Waals surface area contributed by atoms with Gasteiger partial charge >= 0.3 is 0 Å². The van der Waals surface area contributed by atoms with Crippen LogP contribution >= 0.6 is 0 Å². The van der Waals surface area contributed by atoms with Gasteiger partial charge in [0.1, 0.15) is 0 Å². The van der Waals surface area contributed by atoms with Gasteiger partial charge < -0.3 is 5.32 Å². The van der Waals surface area contributed by atoms with E-state index < -0.39 is 0 Å². The van der Waals surface area contributed by atoms with Crippen molar-refractivity contribution >= 4 is 11.6 Å². The molecule has 0 saturated carbocycles. The SMILES string of the molecule is Cc1cc(C)c(NC(=O)Cc2ccc(CC(C)C)cc2)c(C)n1. The number of carbonyl (C=O) groups is 1. The topological polar surface area (TPSA) is 42.0 Å². The molecule has 2 aromatic rings. The number of anilines is 1. The molecule has 2 rings (SSSR count). The molecule has 122 valence electrons. The van der Waals surface area contributed by atoms with Crippen molar-refractivity contribution < 1.29 is 4.79 Å². The van der Waals surface area contributed by atoms with E-state index in [9.17, 15) is 4.79 Å². The van der Waals surface area contributed by atoms with Gasteiger partial charge in [-0.3, -0.25) is 9.78 Å². The first-order chi connectivity index (χ1) is 10.8. The predicted molar refractivity (Wildman–Crippen MR) is 95.8 cm³/mol. The first kappa shape index (κ1) is 17.2. The van der Waals surface area contributed by atoms with Crippen LogP contribution in [0.4, 0.5) is 5.69 Å². The molecule has 3 nitrogen and oxygen atoms in total. The summed E-state index contributed by atoms with van der Waals surface area (Å²) in [6.45, 7) is 10.3. The molecule has 1 aromatic carbocycles. The van der Waals surface area contributed by atoms with E-state index in [1.165, 1.54) is 5.56 Å². The van der Waals surface area contributed by atoms with Gasteiger partial charge in [-0.2, -0.15) is 0 Å². The molecule has 1 N–H and O–H groups in total. The fourth-order valence-electron chi connectivity index (χ4n) is 2.85. The number of hydrogen-bond acceptors (Lipinski definition) is 2. The van der Waals surface area contributed by atoms with Crippen molar-refractivity contribution in [3.63, 3.8) is 0 Å². The highest BCUT2D eigenvalue weighted by molar-refractivity contribution is 5.93. The Balaban J connectivity index is 2.02. The van der Waals surface area contributed by atoms with Crippen LogP contribution in [-0.4, -0.2) is 10.9 Å². The summed E-state index contributed by atoms with van der Waals surface area (Å²) in [5, 5.41) is 3.00. The number of carbonyl (C=O) groups excluding carboxylic acids is 1. The zero-order valence-corrected chi connectivity index (χ0v) is 14.7. The van der Waals surface area contributed by atoms with E-state index in [1.54, 1.807) is 0 Å². The van der Waals surface area contributed by atoms with Crippen molar-refractivity contribution in [2.75, 3.05) is 5.32 Å². The Kier molecular flexibility index (Phi) is 5.54. The lowest BCUT2D eigenvalue weighted by Crippen LogP contribution is -2.16. The minimum atomic E-state index is -0.00142. The average Bonchev–Trinajstić information content (AvgIpc) is 2.44. The first-order valence-electron chi connectivity index (χ1n) is 8.17. The number of amides is 1. The van der Waals surface area contributed by atoms with E-state index in [-0.39, 0.29) is 5.91 Å². The fourth-order valence-corrected chi connectivity index (χ4v) is 2.85. The highest BCUT2D eigenvalue weighted by atomic mass is 16.1. The number of nitrogens with one attached hydrogen (secondary N) is 1. The lowest BCUT2D eigenvalue weighted by Gasteiger charge is -2.12. The second-order valence-electron chi connectivity index (χ2n) is 6.68. The maximum atomic E-state index is 12.3. The predicted octanol–water partition coefficient (Wildman–Crippen LogP) is 4.39. The summed E-state index contributed by atoms with van der Waals surface area (Å²) < 4.78 is 0. The Bertz CT molecular complexity index is 664. The van der Waals surface area contributed by atoms with Gasteiger partial charge in [-0.15, -0.1) is 0 Å². The molecule has 0 aliphatic rings. The van der Waals surface area contributed by atoms with Crippen LogP contribution in [0.15, 0.2) is 30.3 Å². The minimum absolute atomic E-state index is 0.00142. The molecule has 0 aliphatic heterocycles. The molecule has 1 aromatic heterocycles. The van der Waals surface area contributed by atoms with Crippen LogP contribution in [0.1, 0.15) is 41.9 Å². The average molecular weight is 310 g/mol. The van der Waals surface area contributed by atoms with E-state index in [4.69, 9.17) is 0 Å². The number of nitrogens with zero attached hydrogens (tertiary/aromatic N) is 1. The van der Waals surface area contributed by atoms with E-state index in [0.29, 0.717) is 12.3 Å². The molecule has 0 spiro atoms. The number of aromatic nitrogens is 1. The molecule has 0 saturated heterocycles. The highest BCUT2D eigenvalue weighted by Crippen LogP contribution is 2.19. The number of hydrogen-bond donors (Lipinski definition) is 1. The summed E-state index contributed by atoms with van der Waals surface area (Å²) in [5.74, 6) is 0.641. The smallest absolute Gasteiger partial charge is 0.228 e. The summed E-state index contributed by atoms with van der Waals surface area (Å²) in [6.07, 6.45) is 1.45. The van der Waals surface area contributed by atoms with Gasteiger partial charge in [0, 0.05) is 5.69 Å². The first-order valence-corrected chi connectivity index (χ1v) is 8.17. The summed E-state index contributed by atoms with van der Waals surface area (Å²) in [7, 11) is 0. The molecule has 0 aliphatic carbocycles. The zero-order valence-electron chi connectivity index (χ0n) is 14.7. The largest absolute Gasteiger partial charge is 0.324 e. The molecule has 0 radical (unpaired) electrons. The van der Waals surface area contributed by atoms with Crippen molar-refractivity contribution in [2.24, 2.45) is 5.92 Å². The molecule has 23 heavy (non-hydrogen) atoms. The van der Waals surface area contributed by atoms with E-state index in [2.05, 4.69) is 36.3 Å². The second kappa shape index (κ2) is 7.40. The third kappa shape index (κ3) is 4.92. The highest BCUT2D eigenvalue weighted by Gasteiger charge is 2.10. The molecule has 0 bridgehead atoms. The van der Waals surface area contributed by atoms with Gasteiger partial charge in [-0.1, -0.05) is 38.1 Å². The van der Waals surface area contributed by atoms with Crippen LogP contribution in [0.2, 0.25) is 0 Å². The fraction of sp³-hybridized carbons (Fsp3) is 0.400. The summed E-state index contributed by atoms with van der Waals surface area (Å²) >= 11 is 0. The lowest BCUT2D eigenvalue weighted by atomic mass is 10.0. The zero-order chi connectivity index (χ0) is 17.0. The Morgan fingerprint density at radius 3 is 2.26 bits per heavy atom. The van der Waals surface area contributed by atoms with Crippen molar-refractivity contribution in [3.8, 4) is 0 Å². The van der Waals surface area contributed by atoms with Gasteiger partial charge in [0.2, 0.25) is 5.91 Å². The van der Waals surface area contributed by atoms with Crippen LogP contribution < -0.4 is 5.32 Å². The Morgan fingerprint density at radius 2 is 1.70 bits per heavy atom. The Morgan fingerprint density at radius 1 is 1.09 bits per heavy atom. The van der Waals surface area contributed by atoms with Crippen LogP contribution in [0.5, 0.6) is 0 Å². The van der Waals surface area contributed by atoms with Crippen LogP contribution in [-0.2, 0) is 17.6 Å². The van der Waals surface area contributed by atoms with Crippen LogP contribution in [0, 0.1) is 26.7 Å². The Labute approximate surface area is 139 Å². The van der Waals surface area contributed by atoms with E-state index in [1.807, 2.05) is 39.0 Å². The Hall–Kier alpha value is -2.16. The van der Waals surface area contributed by atoms with Crippen molar-refractivity contribution in [2.45, 2.75) is 47.5 Å². The minimum Gasteiger partial charge on any atom is -0.324 e. The second-order valence-corrected chi connectivity index (χ2v) is 6.68. The van der Waals surface area contributed by atoms with Gasteiger partial charge in [-0.05, 0) is 55.9 Å². The number of benzene rings is 1.